The molecule has 4 rings (SSSR count). The van der Waals surface area contributed by atoms with Gasteiger partial charge in [0.15, 0.2) is 0 Å². The number of hydrogen-bond acceptors (Lipinski definition) is 4. The molecule has 0 aromatic rings. The molecule has 0 aliphatic heterocycles. The number of carboxylic acids is 2. The Morgan fingerprint density at radius 1 is 1.27 bits per heavy atom. The van der Waals surface area contributed by atoms with Crippen LogP contribution in [-0.2, 0) is 9.59 Å². The first-order valence-corrected chi connectivity index (χ1v) is 4.82. The Morgan fingerprint density at radius 2 is 1.87 bits per heavy atom. The zero-order valence-corrected chi connectivity index (χ0v) is 7.75. The summed E-state index contributed by atoms with van der Waals surface area (Å²) in [6.07, 6.45) is -0.672. The lowest BCUT2D eigenvalue weighted by Crippen LogP contribution is -2.53. The van der Waals surface area contributed by atoms with Crippen LogP contribution in [0.15, 0.2) is 0 Å². The summed E-state index contributed by atoms with van der Waals surface area (Å²) >= 11 is 0. The third kappa shape index (κ3) is 0.610. The second-order valence-electron chi connectivity index (χ2n) is 4.89. The van der Waals surface area contributed by atoms with Crippen LogP contribution in [0.2, 0.25) is 0 Å². The van der Waals surface area contributed by atoms with Gasteiger partial charge in [-0.05, 0) is 6.42 Å². The van der Waals surface area contributed by atoms with Gasteiger partial charge in [-0.25, -0.2) is 0 Å². The Morgan fingerprint density at radius 3 is 2.13 bits per heavy atom. The average Bonchev–Trinajstić information content (AvgIpc) is 2.52. The van der Waals surface area contributed by atoms with Crippen LogP contribution >= 0.6 is 0 Å². The van der Waals surface area contributed by atoms with Crippen molar-refractivity contribution in [1.82, 2.24) is 0 Å². The molecule has 15 heavy (non-hydrogen) atoms. The number of aliphatic carboxylic acids is 2. The van der Waals surface area contributed by atoms with E-state index in [1.807, 2.05) is 0 Å². The van der Waals surface area contributed by atoms with E-state index >= 15 is 0 Å². The van der Waals surface area contributed by atoms with Crippen LogP contribution in [0.25, 0.3) is 0 Å². The quantitative estimate of drug-likeness (QED) is 0.442. The van der Waals surface area contributed by atoms with Gasteiger partial charge in [0.2, 0.25) is 0 Å². The van der Waals surface area contributed by atoms with Crippen LogP contribution < -0.4 is 5.73 Å². The normalized spacial score (nSPS) is 59.3. The van der Waals surface area contributed by atoms with E-state index in [0.717, 1.165) is 0 Å². The van der Waals surface area contributed by atoms with Gasteiger partial charge in [-0.3, -0.25) is 9.59 Å². The lowest BCUT2D eigenvalue weighted by Gasteiger charge is -2.24. The fourth-order valence-corrected chi connectivity index (χ4v) is 4.03. The van der Waals surface area contributed by atoms with Gasteiger partial charge in [0.05, 0.1) is 11.5 Å². The molecule has 4 bridgehead atoms. The molecule has 5 N–H and O–H groups in total. The van der Waals surface area contributed by atoms with Gasteiger partial charge in [0, 0.05) is 17.8 Å². The smallest absolute Gasteiger partial charge is 0.324 e. The van der Waals surface area contributed by atoms with Gasteiger partial charge >= 0.3 is 11.9 Å². The predicted molar refractivity (Wildman–Crippen MR) is 45.7 cm³/mol. The van der Waals surface area contributed by atoms with Crippen molar-refractivity contribution >= 4 is 11.9 Å². The van der Waals surface area contributed by atoms with Gasteiger partial charge in [0.1, 0.15) is 5.54 Å². The number of nitrogens with two attached hydrogens (primary N) is 1. The van der Waals surface area contributed by atoms with Crippen LogP contribution in [0.4, 0.5) is 0 Å². The topological polar surface area (TPSA) is 121 Å². The van der Waals surface area contributed by atoms with Gasteiger partial charge in [-0.15, -0.1) is 0 Å². The average molecular weight is 213 g/mol. The maximum atomic E-state index is 11.1. The van der Waals surface area contributed by atoms with E-state index < -0.39 is 46.8 Å². The van der Waals surface area contributed by atoms with E-state index in [0.29, 0.717) is 0 Å². The molecule has 0 heterocycles. The summed E-state index contributed by atoms with van der Waals surface area (Å²) in [6.45, 7) is 0. The van der Waals surface area contributed by atoms with Gasteiger partial charge in [0.25, 0.3) is 0 Å². The molecule has 4 aliphatic carbocycles. The lowest BCUT2D eigenvalue weighted by molar-refractivity contribution is -0.146. The molecule has 82 valence electrons. The molecule has 0 aromatic carbocycles. The highest BCUT2D eigenvalue weighted by Gasteiger charge is 2.92. The van der Waals surface area contributed by atoms with Gasteiger partial charge in [-0.1, -0.05) is 0 Å². The summed E-state index contributed by atoms with van der Waals surface area (Å²) in [5, 5.41) is 27.9. The van der Waals surface area contributed by atoms with E-state index in [-0.39, 0.29) is 6.42 Å². The fourth-order valence-electron chi connectivity index (χ4n) is 4.03. The first kappa shape index (κ1) is 9.11. The summed E-state index contributed by atoms with van der Waals surface area (Å²) in [7, 11) is 0. The maximum Gasteiger partial charge on any atom is 0.324 e. The molecule has 0 amide bonds. The van der Waals surface area contributed by atoms with E-state index in [1.165, 1.54) is 0 Å². The van der Waals surface area contributed by atoms with Crippen molar-refractivity contribution < 1.29 is 24.9 Å². The Balaban J connectivity index is 2.10. The zero-order valence-electron chi connectivity index (χ0n) is 7.75. The number of carbonyl (C=O) groups is 2. The monoisotopic (exact) mass is 213 g/mol. The van der Waals surface area contributed by atoms with Crippen LogP contribution in [0.5, 0.6) is 0 Å². The highest BCUT2D eigenvalue weighted by atomic mass is 16.4. The maximum absolute atomic E-state index is 11.1. The van der Waals surface area contributed by atoms with Crippen molar-refractivity contribution in [2.24, 2.45) is 28.9 Å². The molecule has 6 nitrogen and oxygen atoms in total. The minimum atomic E-state index is -1.54. The van der Waals surface area contributed by atoms with E-state index in [9.17, 15) is 14.7 Å². The van der Waals surface area contributed by atoms with Crippen molar-refractivity contribution in [2.75, 3.05) is 0 Å². The molecule has 0 radical (unpaired) electrons. The minimum absolute atomic E-state index is 0.196. The summed E-state index contributed by atoms with van der Waals surface area (Å²) in [5.74, 6) is -3.88. The van der Waals surface area contributed by atoms with E-state index in [4.69, 9.17) is 15.9 Å². The molecular formula is C9H11NO5. The lowest BCUT2D eigenvalue weighted by atomic mass is 9.89. The first-order valence-electron chi connectivity index (χ1n) is 4.82. The van der Waals surface area contributed by atoms with Crippen LogP contribution in [0.3, 0.4) is 0 Å². The molecule has 4 fully saturated rings. The van der Waals surface area contributed by atoms with Crippen molar-refractivity contribution in [2.45, 2.75) is 18.1 Å². The van der Waals surface area contributed by atoms with Crippen LogP contribution in [-0.4, -0.2) is 38.9 Å². The molecule has 6 atom stereocenters. The Labute approximate surface area is 84.7 Å². The largest absolute Gasteiger partial charge is 0.481 e. The number of carboxylic acid groups (broad SMARTS) is 2. The SMILES string of the molecule is N[C@@]1(C(=O)O)C2CC3(C(=O)O)C(C2O)C31. The van der Waals surface area contributed by atoms with Crippen LogP contribution in [0, 0.1) is 23.2 Å². The Bertz CT molecular complexity index is 396. The van der Waals surface area contributed by atoms with E-state index in [2.05, 4.69) is 0 Å². The highest BCUT2D eigenvalue weighted by molar-refractivity contribution is 5.91. The predicted octanol–water partition coefficient (Wildman–Crippen LogP) is -1.52. The summed E-state index contributed by atoms with van der Waals surface area (Å²) in [5.41, 5.74) is 3.17. The van der Waals surface area contributed by atoms with Crippen molar-refractivity contribution in [1.29, 1.82) is 0 Å². The molecule has 0 aromatic heterocycles. The molecule has 6 heteroatoms. The van der Waals surface area contributed by atoms with Crippen LogP contribution in [0.1, 0.15) is 6.42 Å². The standard InChI is InChI=1S/C9H11NO5/c10-9(7(14)15)2-1-8(6(12)13)3(4(2)11)5(8)9/h2-5,11H,1,10H2,(H,12,13)(H,14,15)/t2?,3?,4?,5?,8?,9-/m0/s1. The molecule has 5 unspecified atom stereocenters. The van der Waals surface area contributed by atoms with Crippen molar-refractivity contribution in [3.8, 4) is 0 Å². The number of rotatable bonds is 2. The number of hydrogen-bond donors (Lipinski definition) is 4. The van der Waals surface area contributed by atoms with Crippen molar-refractivity contribution in [3.63, 3.8) is 0 Å². The third-order valence-corrected chi connectivity index (χ3v) is 4.63. The third-order valence-electron chi connectivity index (χ3n) is 4.63. The van der Waals surface area contributed by atoms with Crippen molar-refractivity contribution in [3.05, 3.63) is 0 Å². The number of aliphatic hydroxyl groups excluding tert-OH is 1. The molecule has 4 aliphatic rings. The summed E-state index contributed by atoms with van der Waals surface area (Å²) in [4.78, 5) is 22.2. The first-order chi connectivity index (χ1) is 6.88. The Kier molecular flexibility index (Phi) is 1.23. The summed E-state index contributed by atoms with van der Waals surface area (Å²) in [6, 6.07) is 0. The minimum Gasteiger partial charge on any atom is -0.481 e. The number of aliphatic hydroxyl groups is 1. The van der Waals surface area contributed by atoms with Gasteiger partial charge in [-0.2, -0.15) is 0 Å². The molecular weight excluding hydrogens is 202 g/mol. The Hall–Kier alpha value is -1.14. The fraction of sp³-hybridized carbons (Fsp3) is 0.778. The van der Waals surface area contributed by atoms with E-state index in [1.54, 1.807) is 0 Å². The molecule has 4 saturated carbocycles. The summed E-state index contributed by atoms with van der Waals surface area (Å²) < 4.78 is 0. The second kappa shape index (κ2) is 2.03. The zero-order chi connectivity index (χ0) is 11.2. The van der Waals surface area contributed by atoms with Gasteiger partial charge < -0.3 is 21.1 Å². The second-order valence-corrected chi connectivity index (χ2v) is 4.89. The molecule has 0 spiro atoms. The highest BCUT2D eigenvalue weighted by Crippen LogP contribution is 2.81. The molecule has 0 saturated heterocycles.